The summed E-state index contributed by atoms with van der Waals surface area (Å²) in [6.45, 7) is 4.06. The molecule has 0 aliphatic heterocycles. The number of allylic oxidation sites excluding steroid dienone is 1. The Morgan fingerprint density at radius 3 is 2.35 bits per heavy atom. The Kier molecular flexibility index (Phi) is 8.10. The van der Waals surface area contributed by atoms with Crippen molar-refractivity contribution in [2.45, 2.75) is 26.2 Å². The minimum Gasteiger partial charge on any atom is -0.384 e. The highest BCUT2D eigenvalue weighted by Gasteiger charge is 2.02. The lowest BCUT2D eigenvalue weighted by Crippen LogP contribution is -2.20. The van der Waals surface area contributed by atoms with Crippen molar-refractivity contribution in [1.82, 2.24) is 4.90 Å². The van der Waals surface area contributed by atoms with Gasteiger partial charge in [0.25, 0.3) is 0 Å². The van der Waals surface area contributed by atoms with Crippen LogP contribution >= 0.6 is 0 Å². The molecule has 0 radical (unpaired) electrons. The first-order chi connectivity index (χ1) is 12.6. The second kappa shape index (κ2) is 10.6. The fraction of sp³-hybridized carbons (Fsp3) is 0.348. The molecule has 26 heavy (non-hydrogen) atoms. The molecular formula is C23H30N2O. The number of nitrogens with one attached hydrogen (secondary N) is 1. The smallest absolute Gasteiger partial charge is 0.185 e. The number of benzene rings is 2. The van der Waals surface area contributed by atoms with Gasteiger partial charge in [-0.05, 0) is 68.4 Å². The van der Waals surface area contributed by atoms with E-state index in [-0.39, 0.29) is 5.78 Å². The van der Waals surface area contributed by atoms with Crippen LogP contribution in [0.5, 0.6) is 0 Å². The average molecular weight is 351 g/mol. The normalized spacial score (nSPS) is 11.2. The molecule has 0 heterocycles. The molecule has 138 valence electrons. The standard InChI is InChI=1S/C23H30N2O/c1-4-5-6-19-7-9-20(10-8-19)11-16-23(26)21-12-14-22(15-13-21)24-17-18-25(2)3/h7-16,24H,4-6,17-18H2,1-3H3/b16-11+. The van der Waals surface area contributed by atoms with Crippen LogP contribution in [-0.4, -0.2) is 37.9 Å². The molecule has 0 saturated heterocycles. The number of hydrogen-bond donors (Lipinski definition) is 1. The molecule has 0 saturated carbocycles. The van der Waals surface area contributed by atoms with E-state index in [4.69, 9.17) is 0 Å². The molecule has 0 atom stereocenters. The van der Waals surface area contributed by atoms with E-state index in [0.29, 0.717) is 5.56 Å². The summed E-state index contributed by atoms with van der Waals surface area (Å²) < 4.78 is 0. The fourth-order valence-electron chi connectivity index (χ4n) is 2.62. The molecule has 0 unspecified atom stereocenters. The first kappa shape index (κ1) is 19.9. The maximum absolute atomic E-state index is 12.3. The third-order valence-electron chi connectivity index (χ3n) is 4.28. The molecular weight excluding hydrogens is 320 g/mol. The highest BCUT2D eigenvalue weighted by atomic mass is 16.1. The molecule has 2 aromatic rings. The summed E-state index contributed by atoms with van der Waals surface area (Å²) in [6.07, 6.45) is 7.08. The van der Waals surface area contributed by atoms with Gasteiger partial charge >= 0.3 is 0 Å². The van der Waals surface area contributed by atoms with Gasteiger partial charge in [-0.1, -0.05) is 43.7 Å². The van der Waals surface area contributed by atoms with E-state index < -0.39 is 0 Å². The van der Waals surface area contributed by atoms with Gasteiger partial charge in [-0.25, -0.2) is 0 Å². The lowest BCUT2D eigenvalue weighted by Gasteiger charge is -2.11. The van der Waals surface area contributed by atoms with Gasteiger partial charge in [-0.3, -0.25) is 4.79 Å². The Hall–Kier alpha value is -2.39. The van der Waals surface area contributed by atoms with Gasteiger partial charge in [0.1, 0.15) is 0 Å². The minimum atomic E-state index is 0.0277. The molecule has 3 nitrogen and oxygen atoms in total. The average Bonchev–Trinajstić information content (AvgIpc) is 2.65. The molecule has 1 N–H and O–H groups in total. The summed E-state index contributed by atoms with van der Waals surface area (Å²) in [5.41, 5.74) is 4.15. The number of hydrogen-bond acceptors (Lipinski definition) is 3. The number of carbonyl (C=O) groups is 1. The van der Waals surface area contributed by atoms with Crippen molar-refractivity contribution in [3.63, 3.8) is 0 Å². The van der Waals surface area contributed by atoms with Crippen LogP contribution < -0.4 is 5.32 Å². The van der Waals surface area contributed by atoms with E-state index in [9.17, 15) is 4.79 Å². The second-order valence-electron chi connectivity index (χ2n) is 6.85. The summed E-state index contributed by atoms with van der Waals surface area (Å²) >= 11 is 0. The van der Waals surface area contributed by atoms with Crippen LogP contribution in [0.3, 0.4) is 0 Å². The van der Waals surface area contributed by atoms with Crippen molar-refractivity contribution in [2.24, 2.45) is 0 Å². The van der Waals surface area contributed by atoms with Crippen LogP contribution in [0, 0.1) is 0 Å². The molecule has 0 aromatic heterocycles. The van der Waals surface area contributed by atoms with Crippen LogP contribution in [0.1, 0.15) is 41.3 Å². The van der Waals surface area contributed by atoms with Gasteiger partial charge in [-0.15, -0.1) is 0 Å². The number of anilines is 1. The van der Waals surface area contributed by atoms with Crippen LogP contribution in [0.2, 0.25) is 0 Å². The zero-order chi connectivity index (χ0) is 18.8. The lowest BCUT2D eigenvalue weighted by molar-refractivity contribution is 0.104. The minimum absolute atomic E-state index is 0.0277. The quantitative estimate of drug-likeness (QED) is 0.489. The van der Waals surface area contributed by atoms with E-state index in [2.05, 4.69) is 55.5 Å². The number of ketones is 1. The highest BCUT2D eigenvalue weighted by Crippen LogP contribution is 2.12. The zero-order valence-electron chi connectivity index (χ0n) is 16.2. The van der Waals surface area contributed by atoms with Gasteiger partial charge in [-0.2, -0.15) is 0 Å². The number of likely N-dealkylation sites (N-methyl/N-ethyl adjacent to an activating group) is 1. The van der Waals surface area contributed by atoms with Crippen molar-refractivity contribution in [3.05, 3.63) is 71.3 Å². The van der Waals surface area contributed by atoms with Gasteiger partial charge in [0, 0.05) is 24.3 Å². The van der Waals surface area contributed by atoms with E-state index in [0.717, 1.165) is 30.8 Å². The Morgan fingerprint density at radius 2 is 1.73 bits per heavy atom. The molecule has 0 fully saturated rings. The highest BCUT2D eigenvalue weighted by molar-refractivity contribution is 6.06. The zero-order valence-corrected chi connectivity index (χ0v) is 16.2. The number of aryl methyl sites for hydroxylation is 1. The van der Waals surface area contributed by atoms with Gasteiger partial charge in [0.2, 0.25) is 0 Å². The van der Waals surface area contributed by atoms with Crippen molar-refractivity contribution in [1.29, 1.82) is 0 Å². The Balaban J connectivity index is 1.89. The Bertz CT molecular complexity index is 700. The second-order valence-corrected chi connectivity index (χ2v) is 6.85. The molecule has 0 aliphatic rings. The summed E-state index contributed by atoms with van der Waals surface area (Å²) in [4.78, 5) is 14.5. The molecule has 0 amide bonds. The van der Waals surface area contributed by atoms with E-state index in [1.54, 1.807) is 6.08 Å². The van der Waals surface area contributed by atoms with Gasteiger partial charge in [0.05, 0.1) is 0 Å². The molecule has 2 rings (SSSR count). The van der Waals surface area contributed by atoms with Crippen molar-refractivity contribution >= 4 is 17.5 Å². The summed E-state index contributed by atoms with van der Waals surface area (Å²) in [5, 5.41) is 3.35. The topological polar surface area (TPSA) is 32.3 Å². The Morgan fingerprint density at radius 1 is 1.04 bits per heavy atom. The Labute approximate surface area is 157 Å². The number of nitrogens with zero attached hydrogens (tertiary/aromatic N) is 1. The number of rotatable bonds is 10. The van der Waals surface area contributed by atoms with Crippen LogP contribution in [0.15, 0.2) is 54.6 Å². The third kappa shape index (κ3) is 6.85. The molecule has 0 spiro atoms. The maximum Gasteiger partial charge on any atom is 0.185 e. The van der Waals surface area contributed by atoms with Crippen LogP contribution in [0.25, 0.3) is 6.08 Å². The number of unbranched alkanes of at least 4 members (excludes halogenated alkanes) is 1. The van der Waals surface area contributed by atoms with Crippen molar-refractivity contribution < 1.29 is 4.79 Å². The molecule has 0 aliphatic carbocycles. The maximum atomic E-state index is 12.3. The summed E-state index contributed by atoms with van der Waals surface area (Å²) in [6, 6.07) is 16.1. The summed E-state index contributed by atoms with van der Waals surface area (Å²) in [5.74, 6) is 0.0277. The lowest BCUT2D eigenvalue weighted by atomic mass is 10.1. The van der Waals surface area contributed by atoms with Gasteiger partial charge in [0.15, 0.2) is 5.78 Å². The first-order valence-corrected chi connectivity index (χ1v) is 9.38. The fourth-order valence-corrected chi connectivity index (χ4v) is 2.62. The van der Waals surface area contributed by atoms with E-state index in [1.807, 2.05) is 30.3 Å². The largest absolute Gasteiger partial charge is 0.384 e. The van der Waals surface area contributed by atoms with Crippen molar-refractivity contribution in [2.75, 3.05) is 32.5 Å². The van der Waals surface area contributed by atoms with Gasteiger partial charge < -0.3 is 10.2 Å². The first-order valence-electron chi connectivity index (χ1n) is 9.38. The predicted octanol–water partition coefficient (Wildman–Crippen LogP) is 4.90. The summed E-state index contributed by atoms with van der Waals surface area (Å²) in [7, 11) is 4.10. The van der Waals surface area contributed by atoms with Crippen molar-refractivity contribution in [3.8, 4) is 0 Å². The SMILES string of the molecule is CCCCc1ccc(/C=C/C(=O)c2ccc(NCCN(C)C)cc2)cc1. The van der Waals surface area contributed by atoms with Crippen LogP contribution in [-0.2, 0) is 6.42 Å². The molecule has 2 aromatic carbocycles. The predicted molar refractivity (Wildman–Crippen MR) is 112 cm³/mol. The number of carbonyl (C=O) groups excluding carboxylic acids is 1. The van der Waals surface area contributed by atoms with E-state index >= 15 is 0 Å². The van der Waals surface area contributed by atoms with Crippen LogP contribution in [0.4, 0.5) is 5.69 Å². The third-order valence-corrected chi connectivity index (χ3v) is 4.28. The van der Waals surface area contributed by atoms with E-state index in [1.165, 1.54) is 18.4 Å². The molecule has 3 heteroatoms. The monoisotopic (exact) mass is 350 g/mol. The molecule has 0 bridgehead atoms.